The first kappa shape index (κ1) is 23.1. The summed E-state index contributed by atoms with van der Waals surface area (Å²) < 4.78 is 31.9. The van der Waals surface area contributed by atoms with Gasteiger partial charge in [-0.3, -0.25) is 4.79 Å². The minimum atomic E-state index is -0.235. The van der Waals surface area contributed by atoms with E-state index < -0.39 is 0 Å². The van der Waals surface area contributed by atoms with E-state index in [1.165, 1.54) is 6.07 Å². The zero-order chi connectivity index (χ0) is 24.8. The first-order chi connectivity index (χ1) is 17.5. The second-order valence-corrected chi connectivity index (χ2v) is 10.0. The molecule has 2 N–H and O–H groups in total. The minimum absolute atomic E-state index is 0.0202. The predicted octanol–water partition coefficient (Wildman–Crippen LogP) is 3.91. The molecule has 188 valence electrons. The van der Waals surface area contributed by atoms with Crippen LogP contribution < -0.4 is 20.1 Å². The van der Waals surface area contributed by atoms with Crippen molar-refractivity contribution in [2.45, 2.75) is 56.2 Å². The Hall–Kier alpha value is -3.30. The Balaban J connectivity index is 1.10. The molecule has 1 amide bonds. The summed E-state index contributed by atoms with van der Waals surface area (Å²) in [6, 6.07) is 10.8. The molecule has 0 spiro atoms. The van der Waals surface area contributed by atoms with Crippen LogP contribution in [0, 0.1) is 5.82 Å². The zero-order valence-electron chi connectivity index (χ0n) is 20.2. The van der Waals surface area contributed by atoms with E-state index in [0.29, 0.717) is 48.1 Å². The Morgan fingerprint density at radius 1 is 1.11 bits per heavy atom. The molecule has 1 aromatic carbocycles. The van der Waals surface area contributed by atoms with Gasteiger partial charge in [-0.15, -0.1) is 0 Å². The van der Waals surface area contributed by atoms with Crippen molar-refractivity contribution in [1.29, 1.82) is 0 Å². The maximum Gasteiger partial charge on any atom is 0.263 e. The fraction of sp³-hybridized carbons (Fsp3) is 0.444. The van der Waals surface area contributed by atoms with Gasteiger partial charge in [-0.2, -0.15) is 0 Å². The van der Waals surface area contributed by atoms with E-state index in [2.05, 4.69) is 20.6 Å². The molecule has 3 fully saturated rings. The molecule has 3 aromatic rings. The van der Waals surface area contributed by atoms with Gasteiger partial charge in [-0.25, -0.2) is 14.4 Å². The second-order valence-electron chi connectivity index (χ2n) is 10.0. The Morgan fingerprint density at radius 2 is 1.94 bits per heavy atom. The number of aromatic nitrogens is 2. The summed E-state index contributed by atoms with van der Waals surface area (Å²) in [6.07, 6.45) is 5.14. The Bertz CT molecular complexity index is 1310. The number of carbonyl (C=O) groups excluding carboxylic acids is 1. The number of anilines is 1. The molecular formula is C27H29FN4O4. The number of benzene rings is 1. The first-order valence-corrected chi connectivity index (χ1v) is 12.4. The van der Waals surface area contributed by atoms with Gasteiger partial charge in [0.1, 0.15) is 5.82 Å². The lowest BCUT2D eigenvalue weighted by atomic mass is 9.69. The van der Waals surface area contributed by atoms with Crippen LogP contribution in [0.2, 0.25) is 0 Å². The molecule has 2 aromatic heterocycles. The van der Waals surface area contributed by atoms with Crippen LogP contribution in [0.3, 0.4) is 0 Å². The van der Waals surface area contributed by atoms with Crippen molar-refractivity contribution in [2.24, 2.45) is 0 Å². The highest BCUT2D eigenvalue weighted by molar-refractivity contribution is 5.94. The smallest absolute Gasteiger partial charge is 0.263 e. The monoisotopic (exact) mass is 492 g/mol. The Labute approximate surface area is 208 Å². The van der Waals surface area contributed by atoms with Gasteiger partial charge in [0.2, 0.25) is 5.88 Å². The maximum atomic E-state index is 14.8. The number of methoxy groups -OCH3 is 1. The van der Waals surface area contributed by atoms with Gasteiger partial charge in [0, 0.05) is 29.1 Å². The molecule has 0 unspecified atom stereocenters. The van der Waals surface area contributed by atoms with Crippen LogP contribution in [0.15, 0.2) is 36.4 Å². The van der Waals surface area contributed by atoms with Crippen molar-refractivity contribution in [3.8, 4) is 11.6 Å². The van der Waals surface area contributed by atoms with Crippen molar-refractivity contribution >= 4 is 22.6 Å². The van der Waals surface area contributed by atoms with Crippen molar-refractivity contribution in [3.05, 3.63) is 53.5 Å². The largest absolute Gasteiger partial charge is 0.481 e. The van der Waals surface area contributed by atoms with E-state index in [4.69, 9.17) is 14.2 Å². The summed E-state index contributed by atoms with van der Waals surface area (Å²) in [7, 11) is 1.57. The lowest BCUT2D eigenvalue weighted by Gasteiger charge is -2.53. The lowest BCUT2D eigenvalue weighted by Crippen LogP contribution is -2.61. The number of fused-ring (bicyclic) bond motifs is 5. The van der Waals surface area contributed by atoms with Crippen LogP contribution in [0.4, 0.5) is 10.2 Å². The molecule has 1 saturated carbocycles. The van der Waals surface area contributed by atoms with Crippen LogP contribution in [0.1, 0.15) is 43.4 Å². The number of ether oxygens (including phenoxy) is 3. The fourth-order valence-electron chi connectivity index (χ4n) is 5.60. The Morgan fingerprint density at radius 3 is 2.72 bits per heavy atom. The van der Waals surface area contributed by atoms with Crippen LogP contribution in [-0.4, -0.2) is 47.3 Å². The number of hydrogen-bond donors (Lipinski definition) is 2. The van der Waals surface area contributed by atoms with Gasteiger partial charge < -0.3 is 24.8 Å². The molecular weight excluding hydrogens is 463 g/mol. The molecule has 9 heteroatoms. The van der Waals surface area contributed by atoms with Gasteiger partial charge in [0.15, 0.2) is 18.2 Å². The number of carbonyl (C=O) groups is 1. The topological polar surface area (TPSA) is 94.6 Å². The summed E-state index contributed by atoms with van der Waals surface area (Å²) in [5.74, 6) is 1.12. The molecule has 7 rings (SSSR count). The second kappa shape index (κ2) is 8.97. The molecule has 5 heterocycles. The van der Waals surface area contributed by atoms with Crippen molar-refractivity contribution in [1.82, 2.24) is 15.3 Å². The third-order valence-corrected chi connectivity index (χ3v) is 7.87. The quantitative estimate of drug-likeness (QED) is 0.516. The van der Waals surface area contributed by atoms with Gasteiger partial charge in [0.25, 0.3) is 5.91 Å². The minimum Gasteiger partial charge on any atom is -0.481 e. The van der Waals surface area contributed by atoms with Gasteiger partial charge in [-0.05, 0) is 68.9 Å². The van der Waals surface area contributed by atoms with Crippen molar-refractivity contribution in [2.75, 3.05) is 25.6 Å². The normalized spacial score (nSPS) is 24.8. The highest BCUT2D eigenvalue weighted by Crippen LogP contribution is 2.46. The summed E-state index contributed by atoms with van der Waals surface area (Å²) >= 11 is 0. The van der Waals surface area contributed by atoms with Crippen LogP contribution in [-0.2, 0) is 22.5 Å². The van der Waals surface area contributed by atoms with Gasteiger partial charge >= 0.3 is 0 Å². The molecule has 0 radical (unpaired) electrons. The van der Waals surface area contributed by atoms with Crippen LogP contribution in [0.5, 0.6) is 11.6 Å². The van der Waals surface area contributed by atoms with E-state index in [9.17, 15) is 9.18 Å². The van der Waals surface area contributed by atoms with Crippen molar-refractivity contribution in [3.63, 3.8) is 0 Å². The lowest BCUT2D eigenvalue weighted by molar-refractivity contribution is -0.165. The first-order valence-electron chi connectivity index (χ1n) is 12.4. The number of amides is 1. The molecule has 4 aliphatic rings. The predicted molar refractivity (Wildman–Crippen MR) is 132 cm³/mol. The zero-order valence-corrected chi connectivity index (χ0v) is 20.2. The maximum absolute atomic E-state index is 14.8. The van der Waals surface area contributed by atoms with E-state index in [1.54, 1.807) is 19.2 Å². The molecule has 2 bridgehead atoms. The molecule has 36 heavy (non-hydrogen) atoms. The van der Waals surface area contributed by atoms with Gasteiger partial charge in [-0.1, -0.05) is 0 Å². The molecule has 8 nitrogen and oxygen atoms in total. The fourth-order valence-corrected chi connectivity index (χ4v) is 5.60. The Kier molecular flexibility index (Phi) is 5.76. The summed E-state index contributed by atoms with van der Waals surface area (Å²) in [6.45, 7) is 1.21. The highest BCUT2D eigenvalue weighted by atomic mass is 19.1. The van der Waals surface area contributed by atoms with Crippen molar-refractivity contribution < 1.29 is 23.4 Å². The number of nitrogens with one attached hydrogen (secondary N) is 2. The van der Waals surface area contributed by atoms with E-state index in [1.807, 2.05) is 18.2 Å². The van der Waals surface area contributed by atoms with Crippen LogP contribution >= 0.6 is 0 Å². The molecule has 0 atom stereocenters. The molecule has 1 aliphatic carbocycles. The third kappa shape index (κ3) is 4.26. The summed E-state index contributed by atoms with van der Waals surface area (Å²) in [5, 5.41) is 7.33. The van der Waals surface area contributed by atoms with Gasteiger partial charge in [0.05, 0.1) is 30.5 Å². The van der Waals surface area contributed by atoms with Crippen LogP contribution in [0.25, 0.3) is 10.9 Å². The summed E-state index contributed by atoms with van der Waals surface area (Å²) in [4.78, 5) is 20.7. The average molecular weight is 493 g/mol. The van der Waals surface area contributed by atoms with E-state index in [0.717, 1.165) is 43.2 Å². The SMILES string of the molecule is COc1ccc2ccc(F)c(CCC34CCC(NCc5ccc6c(n5)NC(=O)CO6)(CC3)CO4)c2n1. The van der Waals surface area contributed by atoms with E-state index >= 15 is 0 Å². The average Bonchev–Trinajstić information content (AvgIpc) is 2.92. The molecule has 3 aliphatic heterocycles. The number of hydrogen-bond acceptors (Lipinski definition) is 7. The number of aryl methyl sites for hydroxylation is 1. The molecule has 2 saturated heterocycles. The summed E-state index contributed by atoms with van der Waals surface area (Å²) in [5.41, 5.74) is 1.79. The number of pyridine rings is 2. The number of halogens is 1. The highest BCUT2D eigenvalue weighted by Gasteiger charge is 2.49. The number of rotatable bonds is 7. The van der Waals surface area contributed by atoms with E-state index in [-0.39, 0.29) is 29.5 Å². The number of nitrogens with zero attached hydrogens (tertiary/aromatic N) is 2. The standard InChI is InChI=1S/C27H29FN4O4/c1-34-23-7-3-17-2-5-20(28)19(24(17)32-23)8-9-27-12-10-26(11-13-27,16-36-27)29-14-18-4-6-21-25(30-18)31-22(33)15-35-21/h2-7,29H,8-16H2,1H3,(H,30,31,33). The third-order valence-electron chi connectivity index (χ3n) is 7.87.